The summed E-state index contributed by atoms with van der Waals surface area (Å²) in [6, 6.07) is 16.2. The van der Waals surface area contributed by atoms with Gasteiger partial charge in [-0.3, -0.25) is 9.78 Å². The predicted octanol–water partition coefficient (Wildman–Crippen LogP) is 5.20. The standard InChI is InChI=1S/C21H14ClN3O2/c22-16-4-1-14(2-5-16)3-8-20(26)24-17-6-7-19-18(13-17)25-21(27-19)15-9-11-23-12-10-15/h1-13H,(H,24,26). The SMILES string of the molecule is O=C(C=Cc1ccc(Cl)cc1)Nc1ccc2oc(-c3ccncc3)nc2c1. The minimum atomic E-state index is -0.234. The van der Waals surface area contributed by atoms with E-state index in [9.17, 15) is 4.79 Å². The van der Waals surface area contributed by atoms with Crippen molar-refractivity contribution >= 4 is 40.4 Å². The lowest BCUT2D eigenvalue weighted by molar-refractivity contribution is -0.111. The van der Waals surface area contributed by atoms with Gasteiger partial charge in [-0.05, 0) is 54.1 Å². The molecular formula is C21H14ClN3O2. The Kier molecular flexibility index (Phi) is 4.68. The van der Waals surface area contributed by atoms with Gasteiger partial charge in [-0.25, -0.2) is 4.98 Å². The fourth-order valence-corrected chi connectivity index (χ4v) is 2.68. The Morgan fingerprint density at radius 3 is 2.59 bits per heavy atom. The number of hydrogen-bond acceptors (Lipinski definition) is 4. The van der Waals surface area contributed by atoms with Crippen LogP contribution in [0, 0.1) is 0 Å². The van der Waals surface area contributed by atoms with E-state index in [4.69, 9.17) is 16.0 Å². The molecule has 132 valence electrons. The maximum Gasteiger partial charge on any atom is 0.248 e. The van der Waals surface area contributed by atoms with Crippen LogP contribution in [-0.2, 0) is 4.79 Å². The van der Waals surface area contributed by atoms with Gasteiger partial charge in [0, 0.05) is 34.7 Å². The summed E-state index contributed by atoms with van der Waals surface area (Å²) in [5, 5.41) is 3.48. The largest absolute Gasteiger partial charge is 0.436 e. The van der Waals surface area contributed by atoms with Crippen molar-refractivity contribution in [1.82, 2.24) is 9.97 Å². The van der Waals surface area contributed by atoms with Crippen LogP contribution < -0.4 is 5.32 Å². The highest BCUT2D eigenvalue weighted by molar-refractivity contribution is 6.30. The Morgan fingerprint density at radius 1 is 1.04 bits per heavy atom. The molecule has 1 N–H and O–H groups in total. The van der Waals surface area contributed by atoms with Crippen LogP contribution in [0.5, 0.6) is 0 Å². The van der Waals surface area contributed by atoms with Gasteiger partial charge in [0.2, 0.25) is 11.8 Å². The average Bonchev–Trinajstić information content (AvgIpc) is 3.12. The lowest BCUT2D eigenvalue weighted by Crippen LogP contribution is -2.07. The van der Waals surface area contributed by atoms with E-state index >= 15 is 0 Å². The van der Waals surface area contributed by atoms with E-state index in [-0.39, 0.29) is 5.91 Å². The second-order valence-corrected chi connectivity index (χ2v) is 6.25. The fourth-order valence-electron chi connectivity index (χ4n) is 2.55. The van der Waals surface area contributed by atoms with Crippen LogP contribution in [0.15, 0.2) is 77.5 Å². The number of halogens is 1. The summed E-state index contributed by atoms with van der Waals surface area (Å²) >= 11 is 5.85. The smallest absolute Gasteiger partial charge is 0.248 e. The first-order chi connectivity index (χ1) is 13.2. The zero-order chi connectivity index (χ0) is 18.6. The third kappa shape index (κ3) is 4.04. The van der Waals surface area contributed by atoms with E-state index in [1.165, 1.54) is 6.08 Å². The number of benzene rings is 2. The quantitative estimate of drug-likeness (QED) is 0.498. The van der Waals surface area contributed by atoms with Crippen molar-refractivity contribution in [2.24, 2.45) is 0 Å². The van der Waals surface area contributed by atoms with Gasteiger partial charge in [0.25, 0.3) is 0 Å². The summed E-state index contributed by atoms with van der Waals surface area (Å²) in [5.41, 5.74) is 3.70. The number of nitrogens with zero attached hydrogens (tertiary/aromatic N) is 2. The van der Waals surface area contributed by atoms with E-state index in [1.807, 2.05) is 24.3 Å². The number of hydrogen-bond donors (Lipinski definition) is 1. The number of carbonyl (C=O) groups excluding carboxylic acids is 1. The minimum Gasteiger partial charge on any atom is -0.436 e. The van der Waals surface area contributed by atoms with E-state index in [0.717, 1.165) is 11.1 Å². The lowest BCUT2D eigenvalue weighted by Gasteiger charge is -2.01. The fraction of sp³-hybridized carbons (Fsp3) is 0. The van der Waals surface area contributed by atoms with Crippen molar-refractivity contribution in [3.05, 3.63) is 83.7 Å². The predicted molar refractivity (Wildman–Crippen MR) is 106 cm³/mol. The van der Waals surface area contributed by atoms with Crippen molar-refractivity contribution in [1.29, 1.82) is 0 Å². The normalized spacial score (nSPS) is 11.1. The Balaban J connectivity index is 1.50. The molecule has 27 heavy (non-hydrogen) atoms. The molecule has 0 aliphatic rings. The van der Waals surface area contributed by atoms with Crippen LogP contribution in [0.3, 0.4) is 0 Å². The molecule has 4 rings (SSSR count). The molecule has 0 saturated carbocycles. The summed E-state index contributed by atoms with van der Waals surface area (Å²) in [6.45, 7) is 0. The summed E-state index contributed by atoms with van der Waals surface area (Å²) < 4.78 is 5.75. The van der Waals surface area contributed by atoms with Gasteiger partial charge in [0.15, 0.2) is 5.58 Å². The first kappa shape index (κ1) is 17.0. The second-order valence-electron chi connectivity index (χ2n) is 5.81. The topological polar surface area (TPSA) is 68.0 Å². The number of anilines is 1. The third-order valence-corrected chi connectivity index (χ3v) is 4.13. The van der Waals surface area contributed by atoms with Crippen molar-refractivity contribution in [2.45, 2.75) is 0 Å². The highest BCUT2D eigenvalue weighted by atomic mass is 35.5. The molecule has 4 aromatic rings. The van der Waals surface area contributed by atoms with Crippen LogP contribution in [-0.4, -0.2) is 15.9 Å². The van der Waals surface area contributed by atoms with Gasteiger partial charge in [-0.2, -0.15) is 0 Å². The van der Waals surface area contributed by atoms with Gasteiger partial charge in [-0.15, -0.1) is 0 Å². The summed E-state index contributed by atoms with van der Waals surface area (Å²) in [7, 11) is 0. The number of rotatable bonds is 4. The molecule has 2 aromatic heterocycles. The van der Waals surface area contributed by atoms with E-state index in [0.29, 0.717) is 27.7 Å². The van der Waals surface area contributed by atoms with Crippen molar-refractivity contribution in [3.63, 3.8) is 0 Å². The molecule has 0 bridgehead atoms. The Bertz CT molecular complexity index is 1120. The third-order valence-electron chi connectivity index (χ3n) is 3.88. The molecule has 2 heterocycles. The lowest BCUT2D eigenvalue weighted by atomic mass is 10.2. The monoisotopic (exact) mass is 375 g/mol. The number of fused-ring (bicyclic) bond motifs is 1. The van der Waals surface area contributed by atoms with Crippen LogP contribution >= 0.6 is 11.6 Å². The maximum absolute atomic E-state index is 12.1. The van der Waals surface area contributed by atoms with Crippen LogP contribution in [0.1, 0.15) is 5.56 Å². The number of pyridine rings is 1. The molecule has 1 amide bonds. The van der Waals surface area contributed by atoms with Gasteiger partial charge < -0.3 is 9.73 Å². The number of nitrogens with one attached hydrogen (secondary N) is 1. The minimum absolute atomic E-state index is 0.234. The first-order valence-electron chi connectivity index (χ1n) is 8.23. The molecule has 0 unspecified atom stereocenters. The highest BCUT2D eigenvalue weighted by Gasteiger charge is 2.09. The average molecular weight is 376 g/mol. The molecule has 0 atom stereocenters. The summed E-state index contributed by atoms with van der Waals surface area (Å²) in [4.78, 5) is 20.6. The number of oxazole rings is 1. The van der Waals surface area contributed by atoms with Gasteiger partial charge in [-0.1, -0.05) is 23.7 Å². The summed E-state index contributed by atoms with van der Waals surface area (Å²) in [5.74, 6) is 0.278. The van der Waals surface area contributed by atoms with Crippen LogP contribution in [0.2, 0.25) is 5.02 Å². The molecular weight excluding hydrogens is 362 g/mol. The van der Waals surface area contributed by atoms with Crippen LogP contribution in [0.25, 0.3) is 28.6 Å². The Morgan fingerprint density at radius 2 is 1.81 bits per heavy atom. The maximum atomic E-state index is 12.1. The van der Waals surface area contributed by atoms with Crippen molar-refractivity contribution in [2.75, 3.05) is 5.32 Å². The molecule has 0 spiro atoms. The molecule has 5 nitrogen and oxygen atoms in total. The molecule has 0 saturated heterocycles. The van der Waals surface area contributed by atoms with E-state index in [1.54, 1.807) is 48.8 Å². The van der Waals surface area contributed by atoms with E-state index < -0.39 is 0 Å². The Labute approximate surface area is 160 Å². The molecule has 0 radical (unpaired) electrons. The highest BCUT2D eigenvalue weighted by Crippen LogP contribution is 2.25. The van der Waals surface area contributed by atoms with Gasteiger partial charge in [0.05, 0.1) is 0 Å². The molecule has 6 heteroatoms. The van der Waals surface area contributed by atoms with Gasteiger partial charge >= 0.3 is 0 Å². The Hall–Kier alpha value is -3.44. The number of amides is 1. The second kappa shape index (κ2) is 7.43. The molecule has 0 fully saturated rings. The zero-order valence-electron chi connectivity index (χ0n) is 14.1. The molecule has 0 aliphatic carbocycles. The molecule has 2 aromatic carbocycles. The van der Waals surface area contributed by atoms with Crippen molar-refractivity contribution < 1.29 is 9.21 Å². The summed E-state index contributed by atoms with van der Waals surface area (Å²) in [6.07, 6.45) is 6.56. The zero-order valence-corrected chi connectivity index (χ0v) is 14.9. The van der Waals surface area contributed by atoms with E-state index in [2.05, 4.69) is 15.3 Å². The number of aromatic nitrogens is 2. The number of carbonyl (C=O) groups is 1. The molecule has 0 aliphatic heterocycles. The van der Waals surface area contributed by atoms with Gasteiger partial charge in [0.1, 0.15) is 5.52 Å². The first-order valence-corrected chi connectivity index (χ1v) is 8.61. The van der Waals surface area contributed by atoms with Crippen LogP contribution in [0.4, 0.5) is 5.69 Å². The van der Waals surface area contributed by atoms with Crippen molar-refractivity contribution in [3.8, 4) is 11.5 Å².